The molecule has 3 aromatic rings. The van der Waals surface area contributed by atoms with Gasteiger partial charge in [0.1, 0.15) is 12.1 Å². The lowest BCUT2D eigenvalue weighted by molar-refractivity contribution is 0.340. The fraction of sp³-hybridized carbons (Fsp3) is 0.133. The molecule has 1 heterocycles. The number of aromatic nitrogens is 4. The Hall–Kier alpha value is -2.94. The summed E-state index contributed by atoms with van der Waals surface area (Å²) in [7, 11) is -3.66. The van der Waals surface area contributed by atoms with Crippen molar-refractivity contribution in [1.29, 1.82) is 0 Å². The first kappa shape index (κ1) is 15.9. The molecule has 0 unspecified atom stereocenters. The second kappa shape index (κ2) is 6.67. The zero-order chi connectivity index (χ0) is 17.0. The van der Waals surface area contributed by atoms with E-state index in [9.17, 15) is 8.42 Å². The Morgan fingerprint density at radius 3 is 2.38 bits per heavy atom. The van der Waals surface area contributed by atoms with Crippen LogP contribution in [0.25, 0.3) is 5.69 Å². The number of anilines is 1. The second-order valence-electron chi connectivity index (χ2n) is 4.81. The number of nitrogens with zero attached hydrogens (tertiary/aromatic N) is 4. The summed E-state index contributed by atoms with van der Waals surface area (Å²) >= 11 is 0. The number of sulfonamides is 1. The molecule has 124 valence electrons. The molecule has 0 bridgehead atoms. The Labute approximate surface area is 139 Å². The fourth-order valence-electron chi connectivity index (χ4n) is 2.06. The van der Waals surface area contributed by atoms with Crippen molar-refractivity contribution in [2.75, 3.05) is 11.3 Å². The van der Waals surface area contributed by atoms with Gasteiger partial charge in [-0.1, -0.05) is 0 Å². The molecule has 0 atom stereocenters. The van der Waals surface area contributed by atoms with Crippen LogP contribution in [0.15, 0.2) is 59.8 Å². The SMILES string of the molecule is CCOc1ccc(S(=O)(=O)Nc2ccc(-n3cnnn3)cc2)cc1. The third-order valence-corrected chi connectivity index (χ3v) is 4.58. The first-order valence-electron chi connectivity index (χ1n) is 7.17. The van der Waals surface area contributed by atoms with Crippen LogP contribution in [-0.4, -0.2) is 35.2 Å². The molecule has 0 amide bonds. The maximum Gasteiger partial charge on any atom is 0.261 e. The van der Waals surface area contributed by atoms with Crippen molar-refractivity contribution in [3.8, 4) is 11.4 Å². The highest BCUT2D eigenvalue weighted by atomic mass is 32.2. The minimum absolute atomic E-state index is 0.163. The van der Waals surface area contributed by atoms with Crippen LogP contribution >= 0.6 is 0 Å². The van der Waals surface area contributed by atoms with Gasteiger partial charge in [0.15, 0.2) is 0 Å². The van der Waals surface area contributed by atoms with Gasteiger partial charge in [-0.25, -0.2) is 13.1 Å². The smallest absolute Gasteiger partial charge is 0.261 e. The van der Waals surface area contributed by atoms with Crippen LogP contribution in [-0.2, 0) is 10.0 Å². The predicted octanol–water partition coefficient (Wildman–Crippen LogP) is 1.86. The summed E-state index contributed by atoms with van der Waals surface area (Å²) < 4.78 is 34.1. The summed E-state index contributed by atoms with van der Waals surface area (Å²) in [6.45, 7) is 2.39. The van der Waals surface area contributed by atoms with Crippen molar-refractivity contribution >= 4 is 15.7 Å². The van der Waals surface area contributed by atoms with Gasteiger partial charge in [-0.05, 0) is 65.9 Å². The van der Waals surface area contributed by atoms with Crippen molar-refractivity contribution in [3.05, 3.63) is 54.9 Å². The Morgan fingerprint density at radius 2 is 1.79 bits per heavy atom. The van der Waals surface area contributed by atoms with Crippen molar-refractivity contribution in [2.24, 2.45) is 0 Å². The van der Waals surface area contributed by atoms with Gasteiger partial charge in [-0.2, -0.15) is 0 Å². The molecule has 8 nitrogen and oxygen atoms in total. The van der Waals surface area contributed by atoms with Gasteiger partial charge in [-0.15, -0.1) is 5.10 Å². The molecule has 0 aliphatic heterocycles. The minimum Gasteiger partial charge on any atom is -0.494 e. The van der Waals surface area contributed by atoms with Crippen LogP contribution in [0.4, 0.5) is 5.69 Å². The van der Waals surface area contributed by atoms with Crippen LogP contribution in [0, 0.1) is 0 Å². The van der Waals surface area contributed by atoms with E-state index in [1.54, 1.807) is 36.4 Å². The number of hydrogen-bond donors (Lipinski definition) is 1. The average molecular weight is 345 g/mol. The molecule has 0 saturated carbocycles. The third-order valence-electron chi connectivity index (χ3n) is 3.18. The van der Waals surface area contributed by atoms with Crippen molar-refractivity contribution in [1.82, 2.24) is 20.2 Å². The monoisotopic (exact) mass is 345 g/mol. The summed E-state index contributed by atoms with van der Waals surface area (Å²) in [6, 6.07) is 13.0. The summed E-state index contributed by atoms with van der Waals surface area (Å²) in [5, 5.41) is 10.9. The quantitative estimate of drug-likeness (QED) is 0.732. The molecular formula is C15H15N5O3S. The molecule has 0 saturated heterocycles. The lowest BCUT2D eigenvalue weighted by atomic mass is 10.3. The first-order chi connectivity index (χ1) is 11.6. The number of tetrazole rings is 1. The summed E-state index contributed by atoms with van der Waals surface area (Å²) in [6.07, 6.45) is 1.46. The van der Waals surface area contributed by atoms with E-state index in [0.29, 0.717) is 18.0 Å². The molecule has 24 heavy (non-hydrogen) atoms. The number of benzene rings is 2. The Morgan fingerprint density at radius 1 is 1.08 bits per heavy atom. The molecule has 0 aliphatic rings. The maximum atomic E-state index is 12.4. The Balaban J connectivity index is 1.76. The van der Waals surface area contributed by atoms with Crippen LogP contribution in [0.5, 0.6) is 5.75 Å². The van der Waals surface area contributed by atoms with Crippen LogP contribution in [0.1, 0.15) is 6.92 Å². The zero-order valence-corrected chi connectivity index (χ0v) is 13.6. The molecule has 1 aromatic heterocycles. The lowest BCUT2D eigenvalue weighted by Crippen LogP contribution is -2.13. The van der Waals surface area contributed by atoms with Crippen LogP contribution < -0.4 is 9.46 Å². The number of nitrogens with one attached hydrogen (secondary N) is 1. The molecule has 1 N–H and O–H groups in total. The lowest BCUT2D eigenvalue weighted by Gasteiger charge is -2.09. The van der Waals surface area contributed by atoms with Gasteiger partial charge in [0.25, 0.3) is 10.0 Å². The third kappa shape index (κ3) is 3.51. The van der Waals surface area contributed by atoms with Gasteiger partial charge in [-0.3, -0.25) is 4.72 Å². The summed E-state index contributed by atoms with van der Waals surface area (Å²) in [4.78, 5) is 0.163. The molecule has 0 spiro atoms. The van der Waals surface area contributed by atoms with E-state index in [1.807, 2.05) is 6.92 Å². The zero-order valence-electron chi connectivity index (χ0n) is 12.8. The van der Waals surface area contributed by atoms with E-state index < -0.39 is 10.0 Å². The van der Waals surface area contributed by atoms with E-state index >= 15 is 0 Å². The Bertz CT molecular complexity index is 891. The van der Waals surface area contributed by atoms with E-state index in [2.05, 4.69) is 20.2 Å². The molecule has 2 aromatic carbocycles. The second-order valence-corrected chi connectivity index (χ2v) is 6.49. The molecule has 0 aliphatic carbocycles. The maximum absolute atomic E-state index is 12.4. The molecule has 3 rings (SSSR count). The van der Waals surface area contributed by atoms with E-state index in [-0.39, 0.29) is 4.90 Å². The predicted molar refractivity (Wildman–Crippen MR) is 87.6 cm³/mol. The average Bonchev–Trinajstić information content (AvgIpc) is 3.10. The van der Waals surface area contributed by atoms with Gasteiger partial charge in [0.2, 0.25) is 0 Å². The van der Waals surface area contributed by atoms with Crippen molar-refractivity contribution in [2.45, 2.75) is 11.8 Å². The standard InChI is InChI=1S/C15H15N5O3S/c1-2-23-14-7-9-15(10-8-14)24(21,22)17-12-3-5-13(6-4-12)20-11-16-18-19-20/h3-11,17H,2H2,1H3. The van der Waals surface area contributed by atoms with Gasteiger partial charge in [0.05, 0.1) is 17.2 Å². The Kier molecular flexibility index (Phi) is 4.43. The number of hydrogen-bond acceptors (Lipinski definition) is 6. The van der Waals surface area contributed by atoms with E-state index in [0.717, 1.165) is 5.69 Å². The van der Waals surface area contributed by atoms with Crippen molar-refractivity contribution in [3.63, 3.8) is 0 Å². The van der Waals surface area contributed by atoms with Gasteiger partial charge >= 0.3 is 0 Å². The van der Waals surface area contributed by atoms with Crippen LogP contribution in [0.2, 0.25) is 0 Å². The van der Waals surface area contributed by atoms with Crippen molar-refractivity contribution < 1.29 is 13.2 Å². The molecule has 0 radical (unpaired) electrons. The summed E-state index contributed by atoms with van der Waals surface area (Å²) in [5.74, 6) is 0.627. The molecule has 9 heteroatoms. The normalized spacial score (nSPS) is 11.2. The van der Waals surface area contributed by atoms with E-state index in [4.69, 9.17) is 4.74 Å². The first-order valence-corrected chi connectivity index (χ1v) is 8.66. The molecule has 0 fully saturated rings. The highest BCUT2D eigenvalue weighted by Crippen LogP contribution is 2.20. The highest BCUT2D eigenvalue weighted by molar-refractivity contribution is 7.92. The number of ether oxygens (including phenoxy) is 1. The van der Waals surface area contributed by atoms with Crippen LogP contribution in [0.3, 0.4) is 0 Å². The summed E-state index contributed by atoms with van der Waals surface area (Å²) in [5.41, 5.74) is 1.17. The fourth-order valence-corrected chi connectivity index (χ4v) is 3.12. The van der Waals surface area contributed by atoms with Gasteiger partial charge < -0.3 is 4.74 Å². The van der Waals surface area contributed by atoms with Gasteiger partial charge in [0, 0.05) is 5.69 Å². The topological polar surface area (TPSA) is 99.0 Å². The largest absolute Gasteiger partial charge is 0.494 e. The molecular weight excluding hydrogens is 330 g/mol. The minimum atomic E-state index is -3.66. The number of rotatable bonds is 6. The highest BCUT2D eigenvalue weighted by Gasteiger charge is 2.14. The van der Waals surface area contributed by atoms with E-state index in [1.165, 1.54) is 23.1 Å².